The second-order valence-electron chi connectivity index (χ2n) is 8.51. The molecule has 0 aliphatic heterocycles. The number of carbonyl (C=O) groups excluding carboxylic acids is 2. The van der Waals surface area contributed by atoms with Gasteiger partial charge in [-0.25, -0.2) is 8.42 Å². The van der Waals surface area contributed by atoms with Gasteiger partial charge in [0.25, 0.3) is 15.7 Å². The first-order valence-corrected chi connectivity index (χ1v) is 13.5. The second-order valence-corrected chi connectivity index (χ2v) is 10.4. The Morgan fingerprint density at radius 2 is 1.62 bits per heavy atom. The molecule has 3 aromatic rings. The SMILES string of the molecule is CCC(C(=O)NC)N(Cc1ccc(OC)cc1)C(=O)CN(c1ccc([N+](=O)[O-])cc1)S(=O)(=O)c1ccccc1. The van der Waals surface area contributed by atoms with Gasteiger partial charge in [-0.15, -0.1) is 0 Å². The number of nitro groups is 1. The zero-order chi connectivity index (χ0) is 28.6. The van der Waals surface area contributed by atoms with Gasteiger partial charge < -0.3 is 15.0 Å². The first-order valence-electron chi connectivity index (χ1n) is 12.1. The van der Waals surface area contributed by atoms with Crippen LogP contribution in [0.2, 0.25) is 0 Å². The van der Waals surface area contributed by atoms with E-state index in [1.165, 1.54) is 55.5 Å². The minimum Gasteiger partial charge on any atom is -0.497 e. The number of amides is 2. The summed E-state index contributed by atoms with van der Waals surface area (Å²) in [5.74, 6) is -0.403. The van der Waals surface area contributed by atoms with Crippen molar-refractivity contribution in [3.05, 3.63) is 94.5 Å². The molecule has 0 saturated heterocycles. The molecule has 0 radical (unpaired) electrons. The lowest BCUT2D eigenvalue weighted by Gasteiger charge is -2.33. The minimum atomic E-state index is -4.26. The summed E-state index contributed by atoms with van der Waals surface area (Å²) >= 11 is 0. The monoisotopic (exact) mass is 554 g/mol. The molecule has 3 aromatic carbocycles. The number of nitrogens with zero attached hydrogens (tertiary/aromatic N) is 3. The third kappa shape index (κ3) is 6.90. The number of anilines is 1. The summed E-state index contributed by atoms with van der Waals surface area (Å²) in [5.41, 5.74) is 0.545. The maximum Gasteiger partial charge on any atom is 0.269 e. The molecular weight excluding hydrogens is 524 g/mol. The Morgan fingerprint density at radius 3 is 2.13 bits per heavy atom. The van der Waals surface area contributed by atoms with Gasteiger partial charge in [-0.05, 0) is 48.4 Å². The van der Waals surface area contributed by atoms with Crippen LogP contribution in [0, 0.1) is 10.1 Å². The summed E-state index contributed by atoms with van der Waals surface area (Å²) in [6.07, 6.45) is 0.282. The molecule has 39 heavy (non-hydrogen) atoms. The Morgan fingerprint density at radius 1 is 1.00 bits per heavy atom. The van der Waals surface area contributed by atoms with Crippen molar-refractivity contribution in [1.29, 1.82) is 0 Å². The fraction of sp³-hybridized carbons (Fsp3) is 0.259. The first kappa shape index (κ1) is 29.1. The Labute approximate surface area is 227 Å². The number of benzene rings is 3. The van der Waals surface area contributed by atoms with Crippen molar-refractivity contribution in [2.45, 2.75) is 30.8 Å². The standard InChI is InChI=1S/C27H30N4O7S/c1-4-25(27(33)28-2)29(18-20-10-16-23(38-3)17-11-20)26(32)19-30(21-12-14-22(15-13-21)31(34)35)39(36,37)24-8-6-5-7-9-24/h5-17,25H,4,18-19H2,1-3H3,(H,28,33). The normalized spacial score (nSPS) is 11.8. The van der Waals surface area contributed by atoms with E-state index in [4.69, 9.17) is 4.74 Å². The number of methoxy groups -OCH3 is 1. The summed E-state index contributed by atoms with van der Waals surface area (Å²) in [6.45, 7) is 1.15. The molecule has 0 saturated carbocycles. The maximum atomic E-state index is 13.8. The number of nitro benzene ring substituents is 1. The molecule has 0 aromatic heterocycles. The van der Waals surface area contributed by atoms with Crippen LogP contribution in [0.5, 0.6) is 5.75 Å². The number of rotatable bonds is 12. The highest BCUT2D eigenvalue weighted by Gasteiger charge is 2.33. The maximum absolute atomic E-state index is 13.8. The number of sulfonamides is 1. The van der Waals surface area contributed by atoms with Crippen molar-refractivity contribution >= 4 is 33.2 Å². The number of hydrogen-bond acceptors (Lipinski definition) is 7. The summed E-state index contributed by atoms with van der Waals surface area (Å²) in [4.78, 5) is 38.4. The molecular formula is C27H30N4O7S. The molecule has 0 bridgehead atoms. The summed E-state index contributed by atoms with van der Waals surface area (Å²) < 4.78 is 33.5. The lowest BCUT2D eigenvalue weighted by Crippen LogP contribution is -2.51. The van der Waals surface area contributed by atoms with Gasteiger partial charge in [0.05, 0.1) is 22.6 Å². The van der Waals surface area contributed by atoms with E-state index in [2.05, 4.69) is 5.32 Å². The minimum absolute atomic E-state index is 0.0360. The number of carbonyl (C=O) groups is 2. The molecule has 1 unspecified atom stereocenters. The van der Waals surface area contributed by atoms with Crippen molar-refractivity contribution in [1.82, 2.24) is 10.2 Å². The number of hydrogen-bond donors (Lipinski definition) is 1. The van der Waals surface area contributed by atoms with Gasteiger partial charge in [-0.2, -0.15) is 0 Å². The Hall–Kier alpha value is -4.45. The van der Waals surface area contributed by atoms with E-state index < -0.39 is 39.3 Å². The summed E-state index contributed by atoms with van der Waals surface area (Å²) in [5, 5.41) is 13.7. The summed E-state index contributed by atoms with van der Waals surface area (Å²) in [7, 11) is -1.26. The van der Waals surface area contributed by atoms with Crippen molar-refractivity contribution < 1.29 is 27.7 Å². The van der Waals surface area contributed by atoms with Crippen LogP contribution >= 0.6 is 0 Å². The fourth-order valence-corrected chi connectivity index (χ4v) is 5.44. The second kappa shape index (κ2) is 12.9. The van der Waals surface area contributed by atoms with Crippen LogP contribution < -0.4 is 14.4 Å². The van der Waals surface area contributed by atoms with Crippen molar-refractivity contribution in [3.63, 3.8) is 0 Å². The molecule has 1 atom stereocenters. The molecule has 0 aliphatic carbocycles. The van der Waals surface area contributed by atoms with E-state index in [9.17, 15) is 28.1 Å². The molecule has 1 N–H and O–H groups in total. The van der Waals surface area contributed by atoms with E-state index in [1.807, 2.05) is 0 Å². The van der Waals surface area contributed by atoms with Crippen LogP contribution in [-0.2, 0) is 26.2 Å². The van der Waals surface area contributed by atoms with E-state index in [1.54, 1.807) is 49.4 Å². The summed E-state index contributed by atoms with van der Waals surface area (Å²) in [6, 6.07) is 18.5. The van der Waals surface area contributed by atoms with Gasteiger partial charge in [0.15, 0.2) is 0 Å². The molecule has 11 nitrogen and oxygen atoms in total. The van der Waals surface area contributed by atoms with E-state index in [0.29, 0.717) is 11.3 Å². The van der Waals surface area contributed by atoms with E-state index in [0.717, 1.165) is 4.31 Å². The highest BCUT2D eigenvalue weighted by molar-refractivity contribution is 7.92. The molecule has 2 amide bonds. The number of likely N-dealkylation sites (N-methyl/N-ethyl adjacent to an activating group) is 1. The molecule has 0 aliphatic rings. The van der Waals surface area contributed by atoms with Crippen molar-refractivity contribution in [3.8, 4) is 5.75 Å². The van der Waals surface area contributed by atoms with Crippen molar-refractivity contribution in [2.75, 3.05) is 25.0 Å². The van der Waals surface area contributed by atoms with E-state index >= 15 is 0 Å². The zero-order valence-electron chi connectivity index (χ0n) is 21.8. The predicted molar refractivity (Wildman–Crippen MR) is 146 cm³/mol. The fourth-order valence-electron chi connectivity index (χ4n) is 4.00. The molecule has 3 rings (SSSR count). The topological polar surface area (TPSA) is 139 Å². The third-order valence-corrected chi connectivity index (χ3v) is 7.89. The number of nitrogens with one attached hydrogen (secondary N) is 1. The van der Waals surface area contributed by atoms with Crippen LogP contribution in [0.15, 0.2) is 83.8 Å². The average Bonchev–Trinajstić information content (AvgIpc) is 2.96. The third-order valence-electron chi connectivity index (χ3n) is 6.10. The average molecular weight is 555 g/mol. The van der Waals surface area contributed by atoms with Gasteiger partial charge >= 0.3 is 0 Å². The Balaban J connectivity index is 2.05. The number of ether oxygens (including phenoxy) is 1. The number of non-ortho nitro benzene ring substituents is 1. The molecule has 0 spiro atoms. The molecule has 12 heteroatoms. The van der Waals surface area contributed by atoms with Gasteiger partial charge in [0.2, 0.25) is 11.8 Å². The lowest BCUT2D eigenvalue weighted by atomic mass is 10.1. The highest BCUT2D eigenvalue weighted by Crippen LogP contribution is 2.27. The quantitative estimate of drug-likeness (QED) is 0.268. The van der Waals surface area contributed by atoms with Crippen LogP contribution in [0.4, 0.5) is 11.4 Å². The van der Waals surface area contributed by atoms with Crippen molar-refractivity contribution in [2.24, 2.45) is 0 Å². The van der Waals surface area contributed by atoms with Crippen LogP contribution in [0.3, 0.4) is 0 Å². The lowest BCUT2D eigenvalue weighted by molar-refractivity contribution is -0.384. The van der Waals surface area contributed by atoms with Crippen LogP contribution in [0.1, 0.15) is 18.9 Å². The van der Waals surface area contributed by atoms with E-state index in [-0.39, 0.29) is 29.2 Å². The molecule has 0 fully saturated rings. The Kier molecular flexibility index (Phi) is 9.61. The van der Waals surface area contributed by atoms with Gasteiger partial charge in [-0.1, -0.05) is 37.3 Å². The van der Waals surface area contributed by atoms with Crippen LogP contribution in [0.25, 0.3) is 0 Å². The van der Waals surface area contributed by atoms with Crippen LogP contribution in [-0.4, -0.2) is 56.8 Å². The van der Waals surface area contributed by atoms with Gasteiger partial charge in [-0.3, -0.25) is 24.0 Å². The Bertz CT molecular complexity index is 1400. The molecule has 206 valence electrons. The smallest absolute Gasteiger partial charge is 0.269 e. The van der Waals surface area contributed by atoms with Gasteiger partial charge in [0.1, 0.15) is 18.3 Å². The highest BCUT2D eigenvalue weighted by atomic mass is 32.2. The first-order chi connectivity index (χ1) is 18.6. The largest absolute Gasteiger partial charge is 0.497 e. The predicted octanol–water partition coefficient (Wildman–Crippen LogP) is 3.35. The zero-order valence-corrected chi connectivity index (χ0v) is 22.6. The molecule has 0 heterocycles. The van der Waals surface area contributed by atoms with Gasteiger partial charge in [0, 0.05) is 25.7 Å².